The lowest BCUT2D eigenvalue weighted by Gasteiger charge is -2.22. The highest BCUT2D eigenvalue weighted by Crippen LogP contribution is 2.20. The summed E-state index contributed by atoms with van der Waals surface area (Å²) in [5.41, 5.74) is 1.55. The molecule has 4 nitrogen and oxygen atoms in total. The Hall–Kier alpha value is -2.12. The summed E-state index contributed by atoms with van der Waals surface area (Å²) in [7, 11) is 0. The molecule has 1 fully saturated rings. The number of benzene rings is 1. The van der Waals surface area contributed by atoms with Crippen LogP contribution in [0.2, 0.25) is 0 Å². The topological polar surface area (TPSA) is 60.7 Å². The van der Waals surface area contributed by atoms with Gasteiger partial charge in [-0.2, -0.15) is 5.26 Å². The van der Waals surface area contributed by atoms with Crippen LogP contribution in [-0.2, 0) is 0 Å². The number of aromatic nitrogens is 1. The van der Waals surface area contributed by atoms with E-state index in [0.717, 1.165) is 42.9 Å². The van der Waals surface area contributed by atoms with E-state index in [1.54, 1.807) is 0 Å². The summed E-state index contributed by atoms with van der Waals surface area (Å²) < 4.78 is 0. The molecule has 2 heterocycles. The molecule has 0 radical (unpaired) electrons. The van der Waals surface area contributed by atoms with Crippen LogP contribution in [0, 0.1) is 17.2 Å². The first kappa shape index (κ1) is 13.8. The van der Waals surface area contributed by atoms with E-state index in [0.29, 0.717) is 11.4 Å². The molecule has 2 aromatic rings. The number of nitriles is 1. The molecule has 1 aliphatic heterocycles. The zero-order chi connectivity index (χ0) is 14.5. The number of nitrogens with zero attached hydrogens (tertiary/aromatic N) is 2. The molecule has 3 rings (SSSR count). The lowest BCUT2D eigenvalue weighted by Crippen LogP contribution is -2.30. The molecule has 1 atom stereocenters. The molecular weight excluding hydrogens is 260 g/mol. The van der Waals surface area contributed by atoms with Crippen molar-refractivity contribution in [2.45, 2.75) is 19.3 Å². The highest BCUT2D eigenvalue weighted by Gasteiger charge is 2.13. The quantitative estimate of drug-likeness (QED) is 0.904. The maximum absolute atomic E-state index is 9.29. The second kappa shape index (κ2) is 6.55. The van der Waals surface area contributed by atoms with Crippen molar-refractivity contribution >= 4 is 16.7 Å². The SMILES string of the molecule is N#Cc1cc2ccccc2nc1NCCC1CCCNC1. The van der Waals surface area contributed by atoms with Crippen LogP contribution in [-0.4, -0.2) is 24.6 Å². The van der Waals surface area contributed by atoms with Crippen LogP contribution < -0.4 is 10.6 Å². The van der Waals surface area contributed by atoms with Crippen LogP contribution in [0.15, 0.2) is 30.3 Å². The standard InChI is InChI=1S/C17H20N4/c18-11-15-10-14-5-1-2-6-16(14)21-17(15)20-9-7-13-4-3-8-19-12-13/h1-2,5-6,10,13,19H,3-4,7-9,12H2,(H,20,21). The van der Waals surface area contributed by atoms with E-state index in [1.165, 1.54) is 12.8 Å². The molecule has 0 aliphatic carbocycles. The molecule has 4 heteroatoms. The first-order valence-corrected chi connectivity index (χ1v) is 7.61. The normalized spacial score (nSPS) is 18.3. The number of anilines is 1. The Balaban J connectivity index is 1.69. The van der Waals surface area contributed by atoms with Crippen molar-refractivity contribution in [2.75, 3.05) is 25.0 Å². The van der Waals surface area contributed by atoms with Gasteiger partial charge < -0.3 is 10.6 Å². The molecule has 0 amide bonds. The minimum absolute atomic E-state index is 0.621. The number of para-hydroxylation sites is 1. The Morgan fingerprint density at radius 3 is 3.10 bits per heavy atom. The molecule has 108 valence electrons. The lowest BCUT2D eigenvalue weighted by atomic mass is 9.96. The molecule has 1 unspecified atom stereocenters. The van der Waals surface area contributed by atoms with Gasteiger partial charge in [0.05, 0.1) is 11.1 Å². The van der Waals surface area contributed by atoms with Crippen molar-refractivity contribution in [1.29, 1.82) is 5.26 Å². The highest BCUT2D eigenvalue weighted by atomic mass is 15.0. The van der Waals surface area contributed by atoms with Gasteiger partial charge in [-0.3, -0.25) is 0 Å². The van der Waals surface area contributed by atoms with Crippen LogP contribution in [0.4, 0.5) is 5.82 Å². The average molecular weight is 280 g/mol. The van der Waals surface area contributed by atoms with Gasteiger partial charge in [-0.05, 0) is 50.4 Å². The van der Waals surface area contributed by atoms with Crippen LogP contribution >= 0.6 is 0 Å². The van der Waals surface area contributed by atoms with Crippen LogP contribution in [0.25, 0.3) is 10.9 Å². The molecule has 2 N–H and O–H groups in total. The van der Waals surface area contributed by atoms with Gasteiger partial charge in [0, 0.05) is 11.9 Å². The van der Waals surface area contributed by atoms with Gasteiger partial charge >= 0.3 is 0 Å². The van der Waals surface area contributed by atoms with Gasteiger partial charge in [0.2, 0.25) is 0 Å². The van der Waals surface area contributed by atoms with Crippen LogP contribution in [0.3, 0.4) is 0 Å². The van der Waals surface area contributed by atoms with Gasteiger partial charge in [-0.15, -0.1) is 0 Å². The summed E-state index contributed by atoms with van der Waals surface area (Å²) in [6, 6.07) is 12.1. The van der Waals surface area contributed by atoms with Gasteiger partial charge in [0.25, 0.3) is 0 Å². The van der Waals surface area contributed by atoms with Crippen molar-refractivity contribution in [3.63, 3.8) is 0 Å². The molecule has 0 spiro atoms. The number of hydrogen-bond donors (Lipinski definition) is 2. The summed E-state index contributed by atoms with van der Waals surface area (Å²) in [5.74, 6) is 1.44. The summed E-state index contributed by atoms with van der Waals surface area (Å²) >= 11 is 0. The maximum atomic E-state index is 9.29. The van der Waals surface area contributed by atoms with E-state index >= 15 is 0 Å². The summed E-state index contributed by atoms with van der Waals surface area (Å²) in [5, 5.41) is 17.1. The van der Waals surface area contributed by atoms with Crippen molar-refractivity contribution in [1.82, 2.24) is 10.3 Å². The predicted molar refractivity (Wildman–Crippen MR) is 85.2 cm³/mol. The fourth-order valence-corrected chi connectivity index (χ4v) is 2.90. The Morgan fingerprint density at radius 2 is 2.29 bits per heavy atom. The Bertz CT molecular complexity index is 653. The monoisotopic (exact) mass is 280 g/mol. The van der Waals surface area contributed by atoms with Crippen molar-refractivity contribution in [3.8, 4) is 6.07 Å². The van der Waals surface area contributed by atoms with Crippen molar-refractivity contribution < 1.29 is 0 Å². The fraction of sp³-hybridized carbons (Fsp3) is 0.412. The summed E-state index contributed by atoms with van der Waals surface area (Å²) in [4.78, 5) is 4.58. The van der Waals surface area contributed by atoms with Gasteiger partial charge in [-0.25, -0.2) is 4.98 Å². The number of nitrogens with one attached hydrogen (secondary N) is 2. The minimum atomic E-state index is 0.621. The Morgan fingerprint density at radius 1 is 1.38 bits per heavy atom. The summed E-state index contributed by atoms with van der Waals surface area (Å²) in [6.45, 7) is 3.12. The molecule has 21 heavy (non-hydrogen) atoms. The predicted octanol–water partition coefficient (Wildman–Crippen LogP) is 2.91. The maximum Gasteiger partial charge on any atom is 0.144 e. The third kappa shape index (κ3) is 3.32. The molecular formula is C17H20N4. The molecule has 1 aromatic heterocycles. The molecule has 0 saturated carbocycles. The second-order valence-corrected chi connectivity index (χ2v) is 5.62. The largest absolute Gasteiger partial charge is 0.369 e. The van der Waals surface area contributed by atoms with E-state index in [1.807, 2.05) is 30.3 Å². The fourth-order valence-electron chi connectivity index (χ4n) is 2.90. The third-order valence-electron chi connectivity index (χ3n) is 4.09. The van der Waals surface area contributed by atoms with Crippen LogP contribution in [0.5, 0.6) is 0 Å². The van der Waals surface area contributed by atoms with Crippen molar-refractivity contribution in [2.24, 2.45) is 5.92 Å². The molecule has 1 saturated heterocycles. The lowest BCUT2D eigenvalue weighted by molar-refractivity contribution is 0.364. The van der Waals surface area contributed by atoms with E-state index in [2.05, 4.69) is 21.7 Å². The Labute approximate surface area is 125 Å². The number of pyridine rings is 1. The zero-order valence-corrected chi connectivity index (χ0v) is 12.1. The van der Waals surface area contributed by atoms with E-state index in [4.69, 9.17) is 0 Å². The average Bonchev–Trinajstić information content (AvgIpc) is 2.55. The number of rotatable bonds is 4. The van der Waals surface area contributed by atoms with Gasteiger partial charge in [0.1, 0.15) is 11.9 Å². The zero-order valence-electron chi connectivity index (χ0n) is 12.1. The van der Waals surface area contributed by atoms with Crippen molar-refractivity contribution in [3.05, 3.63) is 35.9 Å². The smallest absolute Gasteiger partial charge is 0.144 e. The van der Waals surface area contributed by atoms with Gasteiger partial charge in [-0.1, -0.05) is 18.2 Å². The first-order chi connectivity index (χ1) is 10.4. The number of piperidine rings is 1. The molecule has 1 aromatic carbocycles. The third-order valence-corrected chi connectivity index (χ3v) is 4.09. The second-order valence-electron chi connectivity index (χ2n) is 5.62. The van der Waals surface area contributed by atoms with Gasteiger partial charge in [0.15, 0.2) is 0 Å². The van der Waals surface area contributed by atoms with Crippen LogP contribution in [0.1, 0.15) is 24.8 Å². The van der Waals surface area contributed by atoms with E-state index < -0.39 is 0 Å². The molecule has 0 bridgehead atoms. The highest BCUT2D eigenvalue weighted by molar-refractivity contribution is 5.82. The van der Waals surface area contributed by atoms with E-state index in [9.17, 15) is 5.26 Å². The Kier molecular flexibility index (Phi) is 4.32. The number of hydrogen-bond acceptors (Lipinski definition) is 4. The minimum Gasteiger partial charge on any atom is -0.369 e. The molecule has 1 aliphatic rings. The number of fused-ring (bicyclic) bond motifs is 1. The van der Waals surface area contributed by atoms with E-state index in [-0.39, 0.29) is 0 Å². The summed E-state index contributed by atoms with van der Waals surface area (Å²) in [6.07, 6.45) is 3.68. The first-order valence-electron chi connectivity index (χ1n) is 7.61.